The topological polar surface area (TPSA) is 59.0 Å². The maximum absolute atomic E-state index is 12.1. The van der Waals surface area contributed by atoms with Crippen LogP contribution in [-0.2, 0) is 17.9 Å². The van der Waals surface area contributed by atoms with Gasteiger partial charge in [0.25, 0.3) is 0 Å². The largest absolute Gasteiger partial charge is 0.350 e. The molecule has 0 saturated heterocycles. The highest BCUT2D eigenvalue weighted by atomic mass is 16.2. The van der Waals surface area contributed by atoms with Crippen LogP contribution in [0.1, 0.15) is 58.0 Å². The molecule has 0 saturated carbocycles. The van der Waals surface area contributed by atoms with Crippen LogP contribution in [0.5, 0.6) is 0 Å². The summed E-state index contributed by atoms with van der Waals surface area (Å²) in [5.41, 5.74) is 3.06. The average molecular weight is 294 g/mol. The van der Waals surface area contributed by atoms with Gasteiger partial charge < -0.3 is 10.6 Å². The summed E-state index contributed by atoms with van der Waals surface area (Å²) >= 11 is 0. The first kappa shape index (κ1) is 17.7. The van der Waals surface area contributed by atoms with Gasteiger partial charge in [-0.3, -0.25) is 9.48 Å². The molecule has 0 bridgehead atoms. The Bertz CT molecular complexity index is 489. The molecular formula is C16H30N4O. The van der Waals surface area contributed by atoms with Crippen molar-refractivity contribution in [2.45, 2.75) is 79.6 Å². The molecule has 0 aromatic carbocycles. The Hall–Kier alpha value is -1.36. The molecule has 0 aliphatic carbocycles. The van der Waals surface area contributed by atoms with Gasteiger partial charge in [-0.2, -0.15) is 5.10 Å². The van der Waals surface area contributed by atoms with Crippen LogP contribution in [0.3, 0.4) is 0 Å². The van der Waals surface area contributed by atoms with E-state index in [4.69, 9.17) is 0 Å². The zero-order valence-corrected chi connectivity index (χ0v) is 14.5. The zero-order chi connectivity index (χ0) is 16.2. The van der Waals surface area contributed by atoms with Crippen molar-refractivity contribution in [1.82, 2.24) is 20.4 Å². The SMILES string of the molecule is CCC(C)(C)NC(=O)Cn1nc(C)c(CNC(C)C)c1C. The Morgan fingerprint density at radius 3 is 2.48 bits per heavy atom. The minimum atomic E-state index is -0.171. The summed E-state index contributed by atoms with van der Waals surface area (Å²) < 4.78 is 1.80. The van der Waals surface area contributed by atoms with Gasteiger partial charge in [-0.1, -0.05) is 20.8 Å². The average Bonchev–Trinajstić information content (AvgIpc) is 2.61. The number of hydrogen-bond donors (Lipinski definition) is 2. The van der Waals surface area contributed by atoms with Crippen molar-refractivity contribution >= 4 is 5.91 Å². The van der Waals surface area contributed by atoms with Crippen LogP contribution in [0.15, 0.2) is 0 Å². The Balaban J connectivity index is 2.76. The van der Waals surface area contributed by atoms with Crippen LogP contribution in [0.2, 0.25) is 0 Å². The molecule has 0 aliphatic heterocycles. The quantitative estimate of drug-likeness (QED) is 0.811. The predicted octanol–water partition coefficient (Wildman–Crippen LogP) is 2.30. The van der Waals surface area contributed by atoms with E-state index in [1.807, 2.05) is 27.7 Å². The molecule has 1 amide bonds. The lowest BCUT2D eigenvalue weighted by Crippen LogP contribution is -2.44. The number of hydrogen-bond acceptors (Lipinski definition) is 3. The van der Waals surface area contributed by atoms with Crippen LogP contribution < -0.4 is 10.6 Å². The number of aryl methyl sites for hydroxylation is 1. The molecule has 1 heterocycles. The van der Waals surface area contributed by atoms with Crippen molar-refractivity contribution in [3.63, 3.8) is 0 Å². The Labute approximate surface area is 128 Å². The molecular weight excluding hydrogens is 264 g/mol. The van der Waals surface area contributed by atoms with E-state index in [0.717, 1.165) is 24.4 Å². The van der Waals surface area contributed by atoms with Gasteiger partial charge in [-0.05, 0) is 34.1 Å². The lowest BCUT2D eigenvalue weighted by Gasteiger charge is -2.24. The first-order valence-electron chi connectivity index (χ1n) is 7.73. The fraction of sp³-hybridized carbons (Fsp3) is 0.750. The zero-order valence-electron chi connectivity index (χ0n) is 14.5. The van der Waals surface area contributed by atoms with E-state index in [2.05, 4.69) is 36.5 Å². The lowest BCUT2D eigenvalue weighted by atomic mass is 10.0. The summed E-state index contributed by atoms with van der Waals surface area (Å²) in [7, 11) is 0. The monoisotopic (exact) mass is 294 g/mol. The van der Waals surface area contributed by atoms with Crippen molar-refractivity contribution in [3.05, 3.63) is 17.0 Å². The number of nitrogens with zero attached hydrogens (tertiary/aromatic N) is 2. The fourth-order valence-electron chi connectivity index (χ4n) is 2.09. The van der Waals surface area contributed by atoms with Crippen molar-refractivity contribution in [2.24, 2.45) is 0 Å². The van der Waals surface area contributed by atoms with Crippen molar-refractivity contribution in [1.29, 1.82) is 0 Å². The van der Waals surface area contributed by atoms with Crippen molar-refractivity contribution in [3.8, 4) is 0 Å². The number of nitrogens with one attached hydrogen (secondary N) is 2. The maximum atomic E-state index is 12.1. The second-order valence-electron chi connectivity index (χ2n) is 6.63. The van der Waals surface area contributed by atoms with Gasteiger partial charge in [0.05, 0.1) is 5.69 Å². The smallest absolute Gasteiger partial charge is 0.242 e. The number of amides is 1. The Morgan fingerprint density at radius 2 is 1.95 bits per heavy atom. The van der Waals surface area contributed by atoms with Gasteiger partial charge in [-0.25, -0.2) is 0 Å². The van der Waals surface area contributed by atoms with E-state index in [-0.39, 0.29) is 18.0 Å². The van der Waals surface area contributed by atoms with Crippen LogP contribution in [0, 0.1) is 13.8 Å². The summed E-state index contributed by atoms with van der Waals surface area (Å²) in [4.78, 5) is 12.1. The number of carbonyl (C=O) groups excluding carboxylic acids is 1. The third-order valence-corrected chi connectivity index (χ3v) is 3.87. The molecule has 21 heavy (non-hydrogen) atoms. The standard InChI is InChI=1S/C16H30N4O/c1-8-16(6,7)18-15(21)10-20-13(5)14(12(4)19-20)9-17-11(2)3/h11,17H,8-10H2,1-7H3,(H,18,21). The third kappa shape index (κ3) is 5.16. The van der Waals surface area contributed by atoms with E-state index in [1.54, 1.807) is 4.68 Å². The summed E-state index contributed by atoms with van der Waals surface area (Å²) in [6.45, 7) is 15.5. The molecule has 2 N–H and O–H groups in total. The van der Waals surface area contributed by atoms with Crippen LogP contribution >= 0.6 is 0 Å². The number of carbonyl (C=O) groups is 1. The summed E-state index contributed by atoms with van der Waals surface area (Å²) in [5, 5.41) is 10.9. The second-order valence-corrected chi connectivity index (χ2v) is 6.63. The van der Waals surface area contributed by atoms with Gasteiger partial charge in [-0.15, -0.1) is 0 Å². The van der Waals surface area contributed by atoms with Crippen LogP contribution in [-0.4, -0.2) is 27.3 Å². The summed E-state index contributed by atoms with van der Waals surface area (Å²) in [5.74, 6) is 0.0100. The molecule has 0 spiro atoms. The molecule has 0 atom stereocenters. The van der Waals surface area contributed by atoms with Gasteiger partial charge in [0, 0.05) is 29.4 Å². The van der Waals surface area contributed by atoms with Crippen LogP contribution in [0.25, 0.3) is 0 Å². The van der Waals surface area contributed by atoms with E-state index in [0.29, 0.717) is 6.04 Å². The molecule has 1 aromatic rings. The number of aromatic nitrogens is 2. The second kappa shape index (κ2) is 7.07. The van der Waals surface area contributed by atoms with Gasteiger partial charge in [0.2, 0.25) is 5.91 Å². The summed E-state index contributed by atoms with van der Waals surface area (Å²) in [6, 6.07) is 0.431. The van der Waals surface area contributed by atoms with Crippen LogP contribution in [0.4, 0.5) is 0 Å². The highest BCUT2D eigenvalue weighted by Gasteiger charge is 2.19. The maximum Gasteiger partial charge on any atom is 0.242 e. The molecule has 120 valence electrons. The molecule has 5 nitrogen and oxygen atoms in total. The molecule has 0 radical (unpaired) electrons. The minimum absolute atomic E-state index is 0.0100. The number of rotatable bonds is 7. The third-order valence-electron chi connectivity index (χ3n) is 3.87. The van der Waals surface area contributed by atoms with Crippen molar-refractivity contribution < 1.29 is 4.79 Å². The first-order valence-corrected chi connectivity index (χ1v) is 7.73. The lowest BCUT2D eigenvalue weighted by molar-refractivity contribution is -0.123. The Kier molecular flexibility index (Phi) is 5.96. The first-order chi connectivity index (χ1) is 9.66. The highest BCUT2D eigenvalue weighted by molar-refractivity contribution is 5.76. The predicted molar refractivity (Wildman–Crippen MR) is 86.2 cm³/mol. The molecule has 5 heteroatoms. The summed E-state index contributed by atoms with van der Waals surface area (Å²) in [6.07, 6.45) is 0.902. The van der Waals surface area contributed by atoms with E-state index in [9.17, 15) is 4.79 Å². The highest BCUT2D eigenvalue weighted by Crippen LogP contribution is 2.13. The molecule has 1 aromatic heterocycles. The normalized spacial score (nSPS) is 12.0. The molecule has 0 unspecified atom stereocenters. The molecule has 1 rings (SSSR count). The minimum Gasteiger partial charge on any atom is -0.350 e. The van der Waals surface area contributed by atoms with Gasteiger partial charge in [0.15, 0.2) is 0 Å². The van der Waals surface area contributed by atoms with Crippen molar-refractivity contribution in [2.75, 3.05) is 0 Å². The van der Waals surface area contributed by atoms with Gasteiger partial charge in [0.1, 0.15) is 6.54 Å². The van der Waals surface area contributed by atoms with E-state index < -0.39 is 0 Å². The van der Waals surface area contributed by atoms with Gasteiger partial charge >= 0.3 is 0 Å². The Morgan fingerprint density at radius 1 is 1.33 bits per heavy atom. The molecule has 0 fully saturated rings. The van der Waals surface area contributed by atoms with E-state index in [1.165, 1.54) is 5.56 Å². The van der Waals surface area contributed by atoms with E-state index >= 15 is 0 Å². The molecule has 0 aliphatic rings. The fourth-order valence-corrected chi connectivity index (χ4v) is 2.09.